The minimum Gasteiger partial charge on any atom is -0.329 e. The Kier molecular flexibility index (Phi) is 4.60. The van der Waals surface area contributed by atoms with Gasteiger partial charge in [-0.3, -0.25) is 4.90 Å². The number of hydrogen-bond acceptors (Lipinski definition) is 3. The van der Waals surface area contributed by atoms with Gasteiger partial charge in [0.15, 0.2) is 0 Å². The van der Waals surface area contributed by atoms with Crippen molar-refractivity contribution in [3.05, 3.63) is 21.9 Å². The lowest BCUT2D eigenvalue weighted by Crippen LogP contribution is -2.33. The van der Waals surface area contributed by atoms with E-state index >= 15 is 0 Å². The van der Waals surface area contributed by atoms with E-state index in [0.717, 1.165) is 12.5 Å². The maximum atomic E-state index is 5.95. The van der Waals surface area contributed by atoms with E-state index in [9.17, 15) is 0 Å². The van der Waals surface area contributed by atoms with Crippen molar-refractivity contribution >= 4 is 11.3 Å². The summed E-state index contributed by atoms with van der Waals surface area (Å²) in [6, 6.07) is 4.85. The minimum absolute atomic E-state index is 0.411. The second-order valence-corrected chi connectivity index (χ2v) is 6.61. The molecule has 0 aromatic carbocycles. The standard InChI is InChI=1S/C14H24N2S/c1-11-7-8-14(17-11)13(9-15)16(2)10-12-5-3-4-6-12/h7-8,12-13H,3-6,9-10,15H2,1-2H3. The van der Waals surface area contributed by atoms with Gasteiger partial charge in [-0.1, -0.05) is 12.8 Å². The van der Waals surface area contributed by atoms with Gasteiger partial charge in [-0.15, -0.1) is 11.3 Å². The number of nitrogens with two attached hydrogens (primary N) is 1. The number of thiophene rings is 1. The minimum atomic E-state index is 0.411. The zero-order chi connectivity index (χ0) is 12.3. The summed E-state index contributed by atoms with van der Waals surface area (Å²) in [4.78, 5) is 5.26. The van der Waals surface area contributed by atoms with E-state index in [1.807, 2.05) is 11.3 Å². The Hall–Kier alpha value is -0.380. The predicted molar refractivity (Wildman–Crippen MR) is 75.4 cm³/mol. The molecule has 1 aromatic heterocycles. The summed E-state index contributed by atoms with van der Waals surface area (Å²) in [5, 5.41) is 0. The first kappa shape index (κ1) is 13.1. The lowest BCUT2D eigenvalue weighted by molar-refractivity contribution is 0.215. The molecule has 0 saturated heterocycles. The molecule has 0 spiro atoms. The van der Waals surface area contributed by atoms with E-state index < -0.39 is 0 Å². The van der Waals surface area contributed by atoms with Crippen LogP contribution >= 0.6 is 11.3 Å². The molecule has 1 aromatic rings. The van der Waals surface area contributed by atoms with Gasteiger partial charge >= 0.3 is 0 Å². The quantitative estimate of drug-likeness (QED) is 0.872. The van der Waals surface area contributed by atoms with Gasteiger partial charge in [0, 0.05) is 22.8 Å². The third kappa shape index (κ3) is 3.30. The molecule has 3 heteroatoms. The maximum Gasteiger partial charge on any atom is 0.0562 e. The Morgan fingerprint density at radius 2 is 2.12 bits per heavy atom. The molecule has 2 nitrogen and oxygen atoms in total. The molecule has 96 valence electrons. The first-order valence-corrected chi connectivity index (χ1v) is 7.49. The average Bonchev–Trinajstić information content (AvgIpc) is 2.91. The van der Waals surface area contributed by atoms with E-state index in [1.165, 1.54) is 42.0 Å². The van der Waals surface area contributed by atoms with Crippen LogP contribution in [0.2, 0.25) is 0 Å². The highest BCUT2D eigenvalue weighted by Gasteiger charge is 2.22. The molecule has 1 unspecified atom stereocenters. The van der Waals surface area contributed by atoms with Crippen LogP contribution in [0.5, 0.6) is 0 Å². The molecule has 2 N–H and O–H groups in total. The van der Waals surface area contributed by atoms with Crippen LogP contribution in [0, 0.1) is 12.8 Å². The number of rotatable bonds is 5. The zero-order valence-corrected chi connectivity index (χ0v) is 11.8. The molecular formula is C14H24N2S. The van der Waals surface area contributed by atoms with Gasteiger partial charge in [0.25, 0.3) is 0 Å². The van der Waals surface area contributed by atoms with Crippen LogP contribution in [0.1, 0.15) is 41.5 Å². The molecule has 2 rings (SSSR count). The fourth-order valence-electron chi connectivity index (χ4n) is 2.87. The molecule has 0 radical (unpaired) electrons. The molecule has 1 saturated carbocycles. The van der Waals surface area contributed by atoms with Crippen molar-refractivity contribution in [2.45, 2.75) is 38.6 Å². The first-order valence-electron chi connectivity index (χ1n) is 6.67. The van der Waals surface area contributed by atoms with Crippen LogP contribution in [0.3, 0.4) is 0 Å². The number of likely N-dealkylation sites (N-methyl/N-ethyl adjacent to an activating group) is 1. The highest BCUT2D eigenvalue weighted by atomic mass is 32.1. The Labute approximate surface area is 109 Å². The summed E-state index contributed by atoms with van der Waals surface area (Å²) in [7, 11) is 2.23. The Bertz CT molecular complexity index is 342. The van der Waals surface area contributed by atoms with Crippen LogP contribution < -0.4 is 5.73 Å². The van der Waals surface area contributed by atoms with Crippen molar-refractivity contribution in [3.63, 3.8) is 0 Å². The van der Waals surface area contributed by atoms with Gasteiger partial charge in [0.1, 0.15) is 0 Å². The van der Waals surface area contributed by atoms with E-state index in [1.54, 1.807) is 0 Å². The van der Waals surface area contributed by atoms with Gasteiger partial charge in [0.05, 0.1) is 6.04 Å². The van der Waals surface area contributed by atoms with Gasteiger partial charge < -0.3 is 5.73 Å². The number of nitrogens with zero attached hydrogens (tertiary/aromatic N) is 1. The topological polar surface area (TPSA) is 29.3 Å². The molecule has 1 heterocycles. The first-order chi connectivity index (χ1) is 8.20. The predicted octanol–water partition coefficient (Wildman–Crippen LogP) is 3.18. The summed E-state index contributed by atoms with van der Waals surface area (Å²) in [6.45, 7) is 4.10. The van der Waals surface area contributed by atoms with Crippen molar-refractivity contribution in [1.29, 1.82) is 0 Å². The van der Waals surface area contributed by atoms with Gasteiger partial charge in [-0.05, 0) is 44.9 Å². The molecule has 17 heavy (non-hydrogen) atoms. The third-order valence-corrected chi connectivity index (χ3v) is 4.97. The molecule has 0 bridgehead atoms. The van der Waals surface area contributed by atoms with E-state index in [0.29, 0.717) is 6.04 Å². The lowest BCUT2D eigenvalue weighted by atomic mass is 10.1. The summed E-state index contributed by atoms with van der Waals surface area (Å²) in [5.74, 6) is 0.898. The fraction of sp³-hybridized carbons (Fsp3) is 0.714. The zero-order valence-electron chi connectivity index (χ0n) is 11.0. The third-order valence-electron chi connectivity index (χ3n) is 3.87. The van der Waals surface area contributed by atoms with Crippen molar-refractivity contribution in [2.75, 3.05) is 20.1 Å². The summed E-state index contributed by atoms with van der Waals surface area (Å²) in [6.07, 6.45) is 5.66. The van der Waals surface area contributed by atoms with Crippen molar-refractivity contribution in [2.24, 2.45) is 11.7 Å². The van der Waals surface area contributed by atoms with Crippen molar-refractivity contribution in [3.8, 4) is 0 Å². The monoisotopic (exact) mass is 252 g/mol. The molecule has 1 fully saturated rings. The van der Waals surface area contributed by atoms with Crippen LogP contribution in [0.25, 0.3) is 0 Å². The Morgan fingerprint density at radius 3 is 2.65 bits per heavy atom. The summed E-state index contributed by atoms with van der Waals surface area (Å²) in [5.41, 5.74) is 5.95. The smallest absolute Gasteiger partial charge is 0.0562 e. The van der Waals surface area contributed by atoms with E-state index in [-0.39, 0.29) is 0 Å². The SMILES string of the molecule is Cc1ccc(C(CN)N(C)CC2CCCC2)s1. The van der Waals surface area contributed by atoms with E-state index in [4.69, 9.17) is 5.73 Å². The van der Waals surface area contributed by atoms with Crippen LogP contribution in [-0.4, -0.2) is 25.0 Å². The normalized spacial score (nSPS) is 19.1. The summed E-state index contributed by atoms with van der Waals surface area (Å²) < 4.78 is 0. The Balaban J connectivity index is 1.97. The molecule has 0 amide bonds. The lowest BCUT2D eigenvalue weighted by Gasteiger charge is -2.28. The second-order valence-electron chi connectivity index (χ2n) is 5.29. The highest BCUT2D eigenvalue weighted by molar-refractivity contribution is 7.12. The van der Waals surface area contributed by atoms with Crippen LogP contribution in [0.4, 0.5) is 0 Å². The largest absolute Gasteiger partial charge is 0.329 e. The summed E-state index contributed by atoms with van der Waals surface area (Å²) >= 11 is 1.88. The van der Waals surface area contributed by atoms with E-state index in [2.05, 4.69) is 31.0 Å². The van der Waals surface area contributed by atoms with Gasteiger partial charge in [-0.2, -0.15) is 0 Å². The number of aryl methyl sites for hydroxylation is 1. The number of hydrogen-bond donors (Lipinski definition) is 1. The van der Waals surface area contributed by atoms with Crippen LogP contribution in [-0.2, 0) is 0 Å². The molecule has 1 atom stereocenters. The average molecular weight is 252 g/mol. The molecule has 1 aliphatic carbocycles. The molecule has 1 aliphatic rings. The molecular weight excluding hydrogens is 228 g/mol. The van der Waals surface area contributed by atoms with Crippen molar-refractivity contribution in [1.82, 2.24) is 4.90 Å². The highest BCUT2D eigenvalue weighted by Crippen LogP contribution is 2.30. The second kappa shape index (κ2) is 5.98. The van der Waals surface area contributed by atoms with Crippen LogP contribution in [0.15, 0.2) is 12.1 Å². The molecule has 0 aliphatic heterocycles. The maximum absolute atomic E-state index is 5.95. The fourth-order valence-corrected chi connectivity index (χ4v) is 3.93. The Morgan fingerprint density at radius 1 is 1.41 bits per heavy atom. The van der Waals surface area contributed by atoms with Gasteiger partial charge in [-0.25, -0.2) is 0 Å². The van der Waals surface area contributed by atoms with Crippen molar-refractivity contribution < 1.29 is 0 Å². The van der Waals surface area contributed by atoms with Gasteiger partial charge in [0.2, 0.25) is 0 Å².